The predicted octanol–water partition coefficient (Wildman–Crippen LogP) is 1.82. The highest BCUT2D eigenvalue weighted by Crippen LogP contribution is 2.22. The largest absolute Gasteiger partial charge is 0.381 e. The number of anilines is 1. The van der Waals surface area contributed by atoms with E-state index in [1.165, 1.54) is 0 Å². The molecule has 18 heavy (non-hydrogen) atoms. The maximum atomic E-state index is 11.6. The summed E-state index contributed by atoms with van der Waals surface area (Å²) < 4.78 is 0. The number of nitrogens with zero attached hydrogens (tertiary/aromatic N) is 1. The van der Waals surface area contributed by atoms with Crippen molar-refractivity contribution in [3.63, 3.8) is 0 Å². The summed E-state index contributed by atoms with van der Waals surface area (Å²) in [7, 11) is 3.71. The lowest BCUT2D eigenvalue weighted by Crippen LogP contribution is -2.24. The van der Waals surface area contributed by atoms with Crippen LogP contribution in [0.15, 0.2) is 18.2 Å². The first-order valence-corrected chi connectivity index (χ1v) is 6.44. The third-order valence-corrected chi connectivity index (χ3v) is 3.53. The second-order valence-corrected chi connectivity index (χ2v) is 5.07. The lowest BCUT2D eigenvalue weighted by Gasteiger charge is -2.15. The fourth-order valence-electron chi connectivity index (χ4n) is 2.21. The summed E-state index contributed by atoms with van der Waals surface area (Å²) in [6.45, 7) is 2.13. The molecule has 1 aromatic carbocycles. The van der Waals surface area contributed by atoms with Gasteiger partial charge in [0.25, 0.3) is 5.91 Å². The number of benzene rings is 1. The maximum Gasteiger partial charge on any atom is 0.252 e. The molecule has 2 N–H and O–H groups in total. The van der Waals surface area contributed by atoms with Crippen molar-refractivity contribution >= 4 is 23.2 Å². The summed E-state index contributed by atoms with van der Waals surface area (Å²) in [5.41, 5.74) is 1.45. The van der Waals surface area contributed by atoms with E-state index >= 15 is 0 Å². The van der Waals surface area contributed by atoms with E-state index in [0.717, 1.165) is 25.2 Å². The number of halogens is 1. The van der Waals surface area contributed by atoms with Crippen molar-refractivity contribution in [2.45, 2.75) is 12.5 Å². The van der Waals surface area contributed by atoms with Gasteiger partial charge >= 0.3 is 0 Å². The first kappa shape index (κ1) is 13.2. The zero-order valence-corrected chi connectivity index (χ0v) is 11.4. The second-order valence-electron chi connectivity index (χ2n) is 4.67. The van der Waals surface area contributed by atoms with Crippen LogP contribution >= 0.6 is 11.6 Å². The Morgan fingerprint density at radius 3 is 2.89 bits per heavy atom. The van der Waals surface area contributed by atoms with E-state index in [-0.39, 0.29) is 5.91 Å². The lowest BCUT2D eigenvalue weighted by molar-refractivity contribution is 0.0963. The van der Waals surface area contributed by atoms with E-state index in [0.29, 0.717) is 16.6 Å². The summed E-state index contributed by atoms with van der Waals surface area (Å²) in [5.74, 6) is -0.160. The van der Waals surface area contributed by atoms with Gasteiger partial charge in [-0.15, -0.1) is 0 Å². The molecule has 98 valence electrons. The molecule has 1 unspecified atom stereocenters. The van der Waals surface area contributed by atoms with Crippen LogP contribution in [0.1, 0.15) is 16.8 Å². The minimum atomic E-state index is -0.160. The summed E-state index contributed by atoms with van der Waals surface area (Å²) >= 11 is 6.01. The Kier molecular flexibility index (Phi) is 4.09. The Balaban J connectivity index is 2.12. The molecule has 0 radical (unpaired) electrons. The molecule has 1 atom stereocenters. The van der Waals surface area contributed by atoms with Gasteiger partial charge in [0.15, 0.2) is 0 Å². The average Bonchev–Trinajstić information content (AvgIpc) is 2.76. The Hall–Kier alpha value is -1.26. The normalized spacial score (nSPS) is 19.8. The average molecular weight is 268 g/mol. The van der Waals surface area contributed by atoms with Crippen molar-refractivity contribution in [1.82, 2.24) is 10.2 Å². The van der Waals surface area contributed by atoms with Crippen LogP contribution in [-0.4, -0.2) is 44.0 Å². The van der Waals surface area contributed by atoms with E-state index in [9.17, 15) is 4.79 Å². The lowest BCUT2D eigenvalue weighted by atomic mass is 10.1. The van der Waals surface area contributed by atoms with Crippen molar-refractivity contribution in [1.29, 1.82) is 0 Å². The van der Waals surface area contributed by atoms with Crippen molar-refractivity contribution in [3.05, 3.63) is 28.8 Å². The number of likely N-dealkylation sites (tertiary alicyclic amines) is 1. The summed E-state index contributed by atoms with van der Waals surface area (Å²) in [5, 5.41) is 6.50. The number of hydrogen-bond donors (Lipinski definition) is 2. The number of amides is 1. The van der Waals surface area contributed by atoms with Gasteiger partial charge in [-0.05, 0) is 38.2 Å². The molecule has 1 amide bonds. The number of carbonyl (C=O) groups is 1. The fourth-order valence-corrected chi connectivity index (χ4v) is 2.42. The molecule has 2 rings (SSSR count). The van der Waals surface area contributed by atoms with Crippen LogP contribution in [0.2, 0.25) is 5.02 Å². The number of hydrogen-bond acceptors (Lipinski definition) is 3. The molecule has 0 bridgehead atoms. The van der Waals surface area contributed by atoms with Gasteiger partial charge in [0.05, 0.1) is 10.6 Å². The Morgan fingerprint density at radius 1 is 1.50 bits per heavy atom. The van der Waals surface area contributed by atoms with Crippen molar-refractivity contribution in [2.75, 3.05) is 32.5 Å². The summed E-state index contributed by atoms with van der Waals surface area (Å²) in [6, 6.07) is 5.91. The number of carbonyl (C=O) groups excluding carboxylic acids is 1. The number of nitrogens with one attached hydrogen (secondary N) is 2. The third-order valence-electron chi connectivity index (χ3n) is 3.20. The van der Waals surface area contributed by atoms with Crippen LogP contribution in [0.5, 0.6) is 0 Å². The maximum absolute atomic E-state index is 11.6. The van der Waals surface area contributed by atoms with Crippen LogP contribution in [0.3, 0.4) is 0 Å². The van der Waals surface area contributed by atoms with E-state index in [1.54, 1.807) is 19.2 Å². The monoisotopic (exact) mass is 267 g/mol. The van der Waals surface area contributed by atoms with Crippen LogP contribution in [0, 0.1) is 0 Å². The molecule has 1 saturated heterocycles. The van der Waals surface area contributed by atoms with E-state index < -0.39 is 0 Å². The van der Waals surface area contributed by atoms with Crippen molar-refractivity contribution in [2.24, 2.45) is 0 Å². The Labute approximate surface area is 112 Å². The van der Waals surface area contributed by atoms with Gasteiger partial charge < -0.3 is 15.5 Å². The predicted molar refractivity (Wildman–Crippen MR) is 74.4 cm³/mol. The topological polar surface area (TPSA) is 44.4 Å². The molecular weight excluding hydrogens is 250 g/mol. The first-order valence-electron chi connectivity index (χ1n) is 6.07. The Morgan fingerprint density at radius 2 is 2.28 bits per heavy atom. The van der Waals surface area contributed by atoms with Gasteiger partial charge in [-0.2, -0.15) is 0 Å². The summed E-state index contributed by atoms with van der Waals surface area (Å²) in [4.78, 5) is 13.9. The van der Waals surface area contributed by atoms with Crippen LogP contribution < -0.4 is 10.6 Å². The van der Waals surface area contributed by atoms with E-state index in [4.69, 9.17) is 11.6 Å². The van der Waals surface area contributed by atoms with Gasteiger partial charge in [-0.1, -0.05) is 11.6 Å². The molecule has 0 aromatic heterocycles. The zero-order chi connectivity index (χ0) is 13.1. The highest BCUT2D eigenvalue weighted by atomic mass is 35.5. The van der Waals surface area contributed by atoms with Crippen molar-refractivity contribution in [3.8, 4) is 0 Å². The highest BCUT2D eigenvalue weighted by molar-refractivity contribution is 6.34. The molecule has 1 aliphatic rings. The smallest absolute Gasteiger partial charge is 0.252 e. The third kappa shape index (κ3) is 2.94. The molecule has 0 spiro atoms. The first-order chi connectivity index (χ1) is 8.60. The van der Waals surface area contributed by atoms with Crippen LogP contribution in [-0.2, 0) is 0 Å². The quantitative estimate of drug-likeness (QED) is 0.878. The summed E-state index contributed by atoms with van der Waals surface area (Å²) in [6.07, 6.45) is 1.12. The molecule has 4 nitrogen and oxygen atoms in total. The second kappa shape index (κ2) is 5.59. The molecule has 0 aliphatic carbocycles. The van der Waals surface area contributed by atoms with Gasteiger partial charge in [0, 0.05) is 25.3 Å². The van der Waals surface area contributed by atoms with Gasteiger partial charge in [0.2, 0.25) is 0 Å². The van der Waals surface area contributed by atoms with Crippen LogP contribution in [0.25, 0.3) is 0 Å². The molecular formula is C13H18ClN3O. The SMILES string of the molecule is CNC(=O)c1cc(NC2CCN(C)C2)ccc1Cl. The zero-order valence-electron chi connectivity index (χ0n) is 10.7. The number of likely N-dealkylation sites (N-methyl/N-ethyl adjacent to an activating group) is 1. The van der Waals surface area contributed by atoms with Crippen molar-refractivity contribution < 1.29 is 4.79 Å². The minimum Gasteiger partial charge on any atom is -0.381 e. The standard InChI is InChI=1S/C13H18ClN3O/c1-15-13(18)11-7-9(3-4-12(11)14)16-10-5-6-17(2)8-10/h3-4,7,10,16H,5-6,8H2,1-2H3,(H,15,18). The van der Waals surface area contributed by atoms with Gasteiger partial charge in [-0.3, -0.25) is 4.79 Å². The molecule has 1 fully saturated rings. The fraction of sp³-hybridized carbons (Fsp3) is 0.462. The van der Waals surface area contributed by atoms with E-state index in [2.05, 4.69) is 22.6 Å². The van der Waals surface area contributed by atoms with Gasteiger partial charge in [0.1, 0.15) is 0 Å². The molecule has 5 heteroatoms. The number of rotatable bonds is 3. The molecule has 1 aromatic rings. The minimum absolute atomic E-state index is 0.160. The van der Waals surface area contributed by atoms with E-state index in [1.807, 2.05) is 6.07 Å². The Bertz CT molecular complexity index is 450. The van der Waals surface area contributed by atoms with Crippen LogP contribution in [0.4, 0.5) is 5.69 Å². The van der Waals surface area contributed by atoms with Gasteiger partial charge in [-0.25, -0.2) is 0 Å². The highest BCUT2D eigenvalue weighted by Gasteiger charge is 2.19. The molecule has 1 aliphatic heterocycles. The molecule has 1 heterocycles. The molecule has 0 saturated carbocycles.